The number of imidazole rings is 1. The standard InChI is InChI=1S/C16H20ClN3/c1-11-6-7-12(8-13(11)17)16-9-19-10-20(16)15-5-3-2-4-14(15)18/h6-10,14-15H,2-5,18H2,1H3. The molecule has 1 aliphatic rings. The van der Waals surface area contributed by atoms with E-state index in [4.69, 9.17) is 17.3 Å². The van der Waals surface area contributed by atoms with Crippen molar-refractivity contribution in [1.29, 1.82) is 0 Å². The predicted octanol–water partition coefficient (Wildman–Crippen LogP) is 3.95. The first-order valence-corrected chi connectivity index (χ1v) is 7.58. The summed E-state index contributed by atoms with van der Waals surface area (Å²) in [7, 11) is 0. The van der Waals surface area contributed by atoms with Gasteiger partial charge in [-0.25, -0.2) is 4.98 Å². The Hall–Kier alpha value is -1.32. The summed E-state index contributed by atoms with van der Waals surface area (Å²) in [6, 6.07) is 6.73. The highest BCUT2D eigenvalue weighted by atomic mass is 35.5. The number of aromatic nitrogens is 2. The Kier molecular flexibility index (Phi) is 3.81. The van der Waals surface area contributed by atoms with E-state index in [1.165, 1.54) is 12.8 Å². The molecule has 0 saturated heterocycles. The minimum absolute atomic E-state index is 0.220. The first-order chi connectivity index (χ1) is 9.66. The minimum atomic E-state index is 0.220. The summed E-state index contributed by atoms with van der Waals surface area (Å²) in [5.74, 6) is 0. The molecule has 0 radical (unpaired) electrons. The van der Waals surface area contributed by atoms with Crippen LogP contribution in [0.3, 0.4) is 0 Å². The van der Waals surface area contributed by atoms with Crippen LogP contribution in [0.15, 0.2) is 30.7 Å². The Morgan fingerprint density at radius 1 is 1.30 bits per heavy atom. The molecule has 3 nitrogen and oxygen atoms in total. The van der Waals surface area contributed by atoms with Gasteiger partial charge in [-0.3, -0.25) is 0 Å². The zero-order chi connectivity index (χ0) is 14.1. The molecule has 1 fully saturated rings. The SMILES string of the molecule is Cc1ccc(-c2cncn2C2CCCCC2N)cc1Cl. The van der Waals surface area contributed by atoms with Crippen LogP contribution < -0.4 is 5.73 Å². The Morgan fingerprint density at radius 3 is 2.85 bits per heavy atom. The van der Waals surface area contributed by atoms with Crippen LogP contribution in [0.5, 0.6) is 0 Å². The summed E-state index contributed by atoms with van der Waals surface area (Å²) < 4.78 is 2.23. The average Bonchev–Trinajstić information content (AvgIpc) is 2.91. The van der Waals surface area contributed by atoms with Gasteiger partial charge in [0, 0.05) is 16.6 Å². The third-order valence-electron chi connectivity index (χ3n) is 4.27. The lowest BCUT2D eigenvalue weighted by Crippen LogP contribution is -2.35. The fourth-order valence-electron chi connectivity index (χ4n) is 3.03. The van der Waals surface area contributed by atoms with Crippen molar-refractivity contribution in [1.82, 2.24) is 9.55 Å². The zero-order valence-electron chi connectivity index (χ0n) is 11.7. The van der Waals surface area contributed by atoms with E-state index in [0.717, 1.165) is 34.7 Å². The molecule has 4 heteroatoms. The van der Waals surface area contributed by atoms with Gasteiger partial charge in [0.1, 0.15) is 0 Å². The third kappa shape index (κ3) is 2.48. The number of rotatable bonds is 2. The molecule has 2 N–H and O–H groups in total. The van der Waals surface area contributed by atoms with Crippen molar-refractivity contribution < 1.29 is 0 Å². The maximum atomic E-state index is 6.30. The molecule has 1 saturated carbocycles. The van der Waals surface area contributed by atoms with Crippen LogP contribution in [0.4, 0.5) is 0 Å². The Balaban J connectivity index is 1.98. The van der Waals surface area contributed by atoms with Crippen molar-refractivity contribution >= 4 is 11.6 Å². The predicted molar refractivity (Wildman–Crippen MR) is 82.9 cm³/mol. The molecule has 106 valence electrons. The van der Waals surface area contributed by atoms with Crippen LogP contribution in [0.2, 0.25) is 5.02 Å². The van der Waals surface area contributed by atoms with E-state index < -0.39 is 0 Å². The molecule has 1 heterocycles. The van der Waals surface area contributed by atoms with E-state index in [0.29, 0.717) is 6.04 Å². The lowest BCUT2D eigenvalue weighted by atomic mass is 9.90. The third-order valence-corrected chi connectivity index (χ3v) is 4.68. The fraction of sp³-hybridized carbons (Fsp3) is 0.438. The summed E-state index contributed by atoms with van der Waals surface area (Å²) in [5.41, 5.74) is 9.60. The van der Waals surface area contributed by atoms with Gasteiger partial charge < -0.3 is 10.3 Å². The molecule has 3 rings (SSSR count). The summed E-state index contributed by atoms with van der Waals surface area (Å²) in [6.07, 6.45) is 8.50. The highest BCUT2D eigenvalue weighted by Crippen LogP contribution is 2.32. The molecule has 0 spiro atoms. The lowest BCUT2D eigenvalue weighted by Gasteiger charge is -2.31. The van der Waals surface area contributed by atoms with Gasteiger partial charge in [0.15, 0.2) is 0 Å². The molecule has 2 aromatic rings. The largest absolute Gasteiger partial charge is 0.326 e. The fourth-order valence-corrected chi connectivity index (χ4v) is 3.21. The van der Waals surface area contributed by atoms with E-state index in [1.54, 1.807) is 0 Å². The highest BCUT2D eigenvalue weighted by molar-refractivity contribution is 6.31. The van der Waals surface area contributed by atoms with E-state index in [1.807, 2.05) is 25.5 Å². The minimum Gasteiger partial charge on any atom is -0.326 e. The first kappa shape index (κ1) is 13.7. The van der Waals surface area contributed by atoms with E-state index in [9.17, 15) is 0 Å². The molecule has 1 aromatic carbocycles. The van der Waals surface area contributed by atoms with Gasteiger partial charge in [0.05, 0.1) is 24.3 Å². The molecule has 20 heavy (non-hydrogen) atoms. The van der Waals surface area contributed by atoms with Crippen LogP contribution in [0.25, 0.3) is 11.3 Å². The number of halogens is 1. The average molecular weight is 290 g/mol. The Morgan fingerprint density at radius 2 is 2.10 bits per heavy atom. The van der Waals surface area contributed by atoms with Gasteiger partial charge in [0.25, 0.3) is 0 Å². The molecular formula is C16H20ClN3. The second-order valence-corrected chi connectivity index (χ2v) is 6.07. The van der Waals surface area contributed by atoms with Crippen LogP contribution >= 0.6 is 11.6 Å². The van der Waals surface area contributed by atoms with Gasteiger partial charge in [-0.15, -0.1) is 0 Å². The van der Waals surface area contributed by atoms with Gasteiger partial charge >= 0.3 is 0 Å². The summed E-state index contributed by atoms with van der Waals surface area (Å²) >= 11 is 6.24. The molecule has 0 bridgehead atoms. The van der Waals surface area contributed by atoms with E-state index >= 15 is 0 Å². The molecule has 0 aliphatic heterocycles. The molecule has 0 amide bonds. The maximum absolute atomic E-state index is 6.30. The zero-order valence-corrected chi connectivity index (χ0v) is 12.5. The van der Waals surface area contributed by atoms with Gasteiger partial charge in [-0.05, 0) is 31.4 Å². The molecule has 1 aromatic heterocycles. The Bertz CT molecular complexity index is 606. The Labute approximate surface area is 124 Å². The molecular weight excluding hydrogens is 270 g/mol. The number of nitrogens with zero attached hydrogens (tertiary/aromatic N) is 2. The van der Waals surface area contributed by atoms with E-state index in [2.05, 4.69) is 21.7 Å². The number of benzene rings is 1. The van der Waals surface area contributed by atoms with Crippen molar-refractivity contribution in [3.63, 3.8) is 0 Å². The quantitative estimate of drug-likeness (QED) is 0.909. The number of nitrogens with two attached hydrogens (primary N) is 1. The van der Waals surface area contributed by atoms with Crippen LogP contribution in [0, 0.1) is 6.92 Å². The molecule has 2 atom stereocenters. The summed E-state index contributed by atoms with van der Waals surface area (Å²) in [4.78, 5) is 4.32. The van der Waals surface area contributed by atoms with Crippen molar-refractivity contribution in [3.8, 4) is 11.3 Å². The van der Waals surface area contributed by atoms with Crippen molar-refractivity contribution in [2.45, 2.75) is 44.7 Å². The normalized spacial score (nSPS) is 22.9. The number of hydrogen-bond acceptors (Lipinski definition) is 2. The number of aryl methyl sites for hydroxylation is 1. The summed E-state index contributed by atoms with van der Waals surface area (Å²) in [5, 5.41) is 0.795. The first-order valence-electron chi connectivity index (χ1n) is 7.21. The van der Waals surface area contributed by atoms with Crippen LogP contribution in [0.1, 0.15) is 37.3 Å². The van der Waals surface area contributed by atoms with E-state index in [-0.39, 0.29) is 6.04 Å². The maximum Gasteiger partial charge on any atom is 0.0954 e. The second kappa shape index (κ2) is 5.58. The molecule has 2 unspecified atom stereocenters. The topological polar surface area (TPSA) is 43.8 Å². The van der Waals surface area contributed by atoms with Crippen molar-refractivity contribution in [2.24, 2.45) is 5.73 Å². The lowest BCUT2D eigenvalue weighted by molar-refractivity contribution is 0.308. The van der Waals surface area contributed by atoms with Gasteiger partial charge in [0.2, 0.25) is 0 Å². The van der Waals surface area contributed by atoms with Gasteiger partial charge in [-0.1, -0.05) is 36.6 Å². The smallest absolute Gasteiger partial charge is 0.0954 e. The number of hydrogen-bond donors (Lipinski definition) is 1. The molecule has 1 aliphatic carbocycles. The summed E-state index contributed by atoms with van der Waals surface area (Å²) in [6.45, 7) is 2.01. The van der Waals surface area contributed by atoms with Gasteiger partial charge in [-0.2, -0.15) is 0 Å². The monoisotopic (exact) mass is 289 g/mol. The van der Waals surface area contributed by atoms with Crippen molar-refractivity contribution in [2.75, 3.05) is 0 Å². The highest BCUT2D eigenvalue weighted by Gasteiger charge is 2.25. The van der Waals surface area contributed by atoms with Crippen molar-refractivity contribution in [3.05, 3.63) is 41.3 Å². The van der Waals surface area contributed by atoms with Crippen LogP contribution in [-0.4, -0.2) is 15.6 Å². The second-order valence-electron chi connectivity index (χ2n) is 5.67. The van der Waals surface area contributed by atoms with Crippen LogP contribution in [-0.2, 0) is 0 Å².